The van der Waals surface area contributed by atoms with Crippen molar-refractivity contribution in [2.75, 3.05) is 11.9 Å². The van der Waals surface area contributed by atoms with Gasteiger partial charge in [-0.1, -0.05) is 6.07 Å². The number of carbonyl (C=O) groups is 1. The fraction of sp³-hybridized carbons (Fsp3) is 0.167. The van der Waals surface area contributed by atoms with Crippen molar-refractivity contribution in [2.45, 2.75) is 12.6 Å². The van der Waals surface area contributed by atoms with Crippen LogP contribution in [0.5, 0.6) is 0 Å². The zero-order valence-corrected chi connectivity index (χ0v) is 13.7. The van der Waals surface area contributed by atoms with Crippen LogP contribution < -0.4 is 5.32 Å². The number of benzene rings is 1. The molecule has 0 fully saturated rings. The maximum atomic E-state index is 13.0. The summed E-state index contributed by atoms with van der Waals surface area (Å²) in [6, 6.07) is 13.7. The van der Waals surface area contributed by atoms with Gasteiger partial charge in [0.05, 0.1) is 0 Å². The first-order valence-corrected chi connectivity index (χ1v) is 8.62. The van der Waals surface area contributed by atoms with E-state index < -0.39 is 0 Å². The Morgan fingerprint density at radius 2 is 1.96 bits per heavy atom. The average Bonchev–Trinajstić information content (AvgIpc) is 3.27. The van der Waals surface area contributed by atoms with Crippen LogP contribution >= 0.6 is 11.3 Å². The Bertz CT molecular complexity index is 842. The molecule has 0 bridgehead atoms. The summed E-state index contributed by atoms with van der Waals surface area (Å²) in [5.74, 6) is -0.319. The fourth-order valence-electron chi connectivity index (χ4n) is 3.08. The second-order valence-electron chi connectivity index (χ2n) is 5.67. The highest BCUT2D eigenvalue weighted by molar-refractivity contribution is 7.10. The molecule has 2 amide bonds. The Morgan fingerprint density at radius 3 is 2.71 bits per heavy atom. The summed E-state index contributed by atoms with van der Waals surface area (Å²) in [7, 11) is 0. The summed E-state index contributed by atoms with van der Waals surface area (Å²) in [5.41, 5.74) is 1.70. The number of halogens is 1. The van der Waals surface area contributed by atoms with E-state index in [1.54, 1.807) is 23.5 Å². The molecule has 0 saturated carbocycles. The molecule has 1 aliphatic rings. The molecule has 0 aliphatic carbocycles. The molecule has 0 radical (unpaired) electrons. The van der Waals surface area contributed by atoms with Crippen LogP contribution in [0.25, 0.3) is 0 Å². The molecular weight excluding hydrogens is 325 g/mol. The van der Waals surface area contributed by atoms with Crippen molar-refractivity contribution in [3.8, 4) is 0 Å². The van der Waals surface area contributed by atoms with Gasteiger partial charge in [0.1, 0.15) is 11.9 Å². The number of urea groups is 1. The van der Waals surface area contributed by atoms with Gasteiger partial charge in [-0.3, -0.25) is 0 Å². The predicted octanol–water partition coefficient (Wildman–Crippen LogP) is 4.33. The summed E-state index contributed by atoms with van der Waals surface area (Å²) in [4.78, 5) is 15.8. The number of amides is 2. The van der Waals surface area contributed by atoms with E-state index >= 15 is 0 Å². The molecule has 3 heterocycles. The molecule has 0 spiro atoms. The molecule has 0 saturated heterocycles. The first kappa shape index (κ1) is 15.0. The molecule has 1 N–H and O–H groups in total. The summed E-state index contributed by atoms with van der Waals surface area (Å²) in [6.45, 7) is 1.39. The number of carbonyl (C=O) groups excluding carboxylic acids is 1. The van der Waals surface area contributed by atoms with Gasteiger partial charge in [-0.2, -0.15) is 0 Å². The van der Waals surface area contributed by atoms with Gasteiger partial charge >= 0.3 is 6.03 Å². The zero-order chi connectivity index (χ0) is 16.5. The van der Waals surface area contributed by atoms with Gasteiger partial charge in [-0.15, -0.1) is 11.3 Å². The first-order chi connectivity index (χ1) is 11.7. The maximum absolute atomic E-state index is 13.0. The minimum atomic E-state index is -0.319. The highest BCUT2D eigenvalue weighted by Gasteiger charge is 2.32. The number of hydrogen-bond donors (Lipinski definition) is 1. The smallest absolute Gasteiger partial charge is 0.322 e. The lowest BCUT2D eigenvalue weighted by Crippen LogP contribution is -2.44. The second kappa shape index (κ2) is 6.13. The lowest BCUT2D eigenvalue weighted by Gasteiger charge is -2.36. The fourth-order valence-corrected chi connectivity index (χ4v) is 3.93. The lowest BCUT2D eigenvalue weighted by atomic mass is 10.1. The molecular formula is C18H16FN3OS. The van der Waals surface area contributed by atoms with E-state index in [-0.39, 0.29) is 17.9 Å². The van der Waals surface area contributed by atoms with Crippen molar-refractivity contribution in [1.29, 1.82) is 0 Å². The van der Waals surface area contributed by atoms with Crippen LogP contribution in [0.15, 0.2) is 60.1 Å². The van der Waals surface area contributed by atoms with E-state index in [9.17, 15) is 9.18 Å². The summed E-state index contributed by atoms with van der Waals surface area (Å²) in [5, 5.41) is 4.89. The SMILES string of the molecule is O=C(Nc1ccc(F)cc1)N1CCn2cccc2C1c1cccs1. The normalized spacial score (nSPS) is 16.7. The number of thiophene rings is 1. The number of nitrogens with zero attached hydrogens (tertiary/aromatic N) is 2. The molecule has 6 heteroatoms. The van der Waals surface area contributed by atoms with Gasteiger partial charge in [0.25, 0.3) is 0 Å². The Labute approximate surface area is 143 Å². The van der Waals surface area contributed by atoms with Crippen LogP contribution in [0.4, 0.5) is 14.9 Å². The van der Waals surface area contributed by atoms with Crippen LogP contribution in [-0.4, -0.2) is 22.0 Å². The molecule has 24 heavy (non-hydrogen) atoms. The Balaban J connectivity index is 1.63. The van der Waals surface area contributed by atoms with E-state index in [1.165, 1.54) is 12.1 Å². The van der Waals surface area contributed by atoms with E-state index in [0.29, 0.717) is 12.2 Å². The quantitative estimate of drug-likeness (QED) is 0.740. The molecule has 1 unspecified atom stereocenters. The van der Waals surface area contributed by atoms with Gasteiger partial charge in [-0.25, -0.2) is 9.18 Å². The summed E-state index contributed by atoms with van der Waals surface area (Å²) in [6.07, 6.45) is 2.05. The zero-order valence-electron chi connectivity index (χ0n) is 12.9. The third kappa shape index (κ3) is 2.69. The number of anilines is 1. The molecule has 4 rings (SSSR count). The third-order valence-corrected chi connectivity index (χ3v) is 5.13. The largest absolute Gasteiger partial charge is 0.347 e. The Hall–Kier alpha value is -2.60. The van der Waals surface area contributed by atoms with Crippen molar-refractivity contribution in [3.05, 3.63) is 76.5 Å². The molecule has 1 aliphatic heterocycles. The molecule has 1 aromatic carbocycles. The molecule has 3 aromatic rings. The first-order valence-electron chi connectivity index (χ1n) is 7.74. The molecule has 4 nitrogen and oxygen atoms in total. The van der Waals surface area contributed by atoms with Gasteiger partial charge in [0, 0.05) is 35.5 Å². The average molecular weight is 341 g/mol. The van der Waals surface area contributed by atoms with Crippen molar-refractivity contribution < 1.29 is 9.18 Å². The number of aromatic nitrogens is 1. The van der Waals surface area contributed by atoms with Crippen LogP contribution in [-0.2, 0) is 6.54 Å². The second-order valence-corrected chi connectivity index (χ2v) is 6.65. The Morgan fingerprint density at radius 1 is 1.12 bits per heavy atom. The minimum absolute atomic E-state index is 0.103. The maximum Gasteiger partial charge on any atom is 0.322 e. The van der Waals surface area contributed by atoms with Crippen LogP contribution in [0.3, 0.4) is 0 Å². The summed E-state index contributed by atoms with van der Waals surface area (Å²) >= 11 is 1.64. The van der Waals surface area contributed by atoms with Crippen molar-refractivity contribution >= 4 is 23.1 Å². The molecule has 1 atom stereocenters. The number of hydrogen-bond acceptors (Lipinski definition) is 2. The van der Waals surface area contributed by atoms with E-state index in [0.717, 1.165) is 17.1 Å². The van der Waals surface area contributed by atoms with Gasteiger partial charge in [0.2, 0.25) is 0 Å². The summed E-state index contributed by atoms with van der Waals surface area (Å²) < 4.78 is 15.2. The van der Waals surface area contributed by atoms with Gasteiger partial charge in [-0.05, 0) is 47.8 Å². The van der Waals surface area contributed by atoms with E-state index in [2.05, 4.69) is 22.0 Å². The van der Waals surface area contributed by atoms with Crippen molar-refractivity contribution in [2.24, 2.45) is 0 Å². The third-order valence-electron chi connectivity index (χ3n) is 4.21. The van der Waals surface area contributed by atoms with Crippen molar-refractivity contribution in [1.82, 2.24) is 9.47 Å². The highest BCUT2D eigenvalue weighted by Crippen LogP contribution is 2.35. The Kier molecular flexibility index (Phi) is 3.82. The highest BCUT2D eigenvalue weighted by atomic mass is 32.1. The van der Waals surface area contributed by atoms with Crippen LogP contribution in [0, 0.1) is 5.82 Å². The topological polar surface area (TPSA) is 37.3 Å². The number of fused-ring (bicyclic) bond motifs is 1. The van der Waals surface area contributed by atoms with Crippen LogP contribution in [0.2, 0.25) is 0 Å². The van der Waals surface area contributed by atoms with Gasteiger partial charge in [0.15, 0.2) is 0 Å². The van der Waals surface area contributed by atoms with Crippen molar-refractivity contribution in [3.63, 3.8) is 0 Å². The molecule has 2 aromatic heterocycles. The van der Waals surface area contributed by atoms with E-state index in [4.69, 9.17) is 0 Å². The van der Waals surface area contributed by atoms with Gasteiger partial charge < -0.3 is 14.8 Å². The molecule has 122 valence electrons. The lowest BCUT2D eigenvalue weighted by molar-refractivity contribution is 0.183. The van der Waals surface area contributed by atoms with Crippen LogP contribution in [0.1, 0.15) is 16.6 Å². The van der Waals surface area contributed by atoms with E-state index in [1.807, 2.05) is 28.6 Å². The number of rotatable bonds is 2. The predicted molar refractivity (Wildman–Crippen MR) is 92.7 cm³/mol. The standard InChI is InChI=1S/C18H16FN3OS/c19-13-5-7-14(8-6-13)20-18(23)22-11-10-21-9-1-3-15(21)17(22)16-4-2-12-24-16/h1-9,12,17H,10-11H2,(H,20,23). The monoisotopic (exact) mass is 341 g/mol. The minimum Gasteiger partial charge on any atom is -0.347 e. The number of nitrogens with one attached hydrogen (secondary N) is 1.